The summed E-state index contributed by atoms with van der Waals surface area (Å²) < 4.78 is 80.0. The fraction of sp³-hybridized carbons (Fsp3) is 0.278. The van der Waals surface area contributed by atoms with Crippen LogP contribution in [0.25, 0.3) is 0 Å². The highest BCUT2D eigenvalue weighted by Crippen LogP contribution is 2.28. The average molecular weight is 432 g/mol. The number of benzene rings is 2. The van der Waals surface area contributed by atoms with Crippen molar-refractivity contribution < 1.29 is 35.5 Å². The maximum atomic E-state index is 13.1. The van der Waals surface area contributed by atoms with Gasteiger partial charge in [-0.1, -0.05) is 0 Å². The molecule has 29 heavy (non-hydrogen) atoms. The first-order valence-electron chi connectivity index (χ1n) is 8.50. The Hall–Kier alpha value is -2.66. The van der Waals surface area contributed by atoms with E-state index in [9.17, 15) is 30.8 Å². The van der Waals surface area contributed by atoms with Gasteiger partial charge in [-0.05, 0) is 61.4 Å². The molecule has 0 saturated carbocycles. The monoisotopic (exact) mass is 432 g/mol. The highest BCUT2D eigenvalue weighted by Gasteiger charge is 2.39. The number of alkyl halides is 3. The van der Waals surface area contributed by atoms with Crippen LogP contribution in [-0.2, 0) is 14.8 Å². The van der Waals surface area contributed by atoms with Gasteiger partial charge in [-0.25, -0.2) is 12.8 Å². The summed E-state index contributed by atoms with van der Waals surface area (Å²) >= 11 is 0. The van der Waals surface area contributed by atoms with Crippen LogP contribution in [0.3, 0.4) is 0 Å². The number of hydrogen-bond donors (Lipinski definition) is 1. The SMILES string of the molecule is O=C(Nc1ccc(OC(F)(F)F)cc1)[C@@H]1CCCN1S(=O)(=O)c1ccc(F)cc1. The van der Waals surface area contributed by atoms with Crippen LogP contribution in [-0.4, -0.2) is 37.6 Å². The van der Waals surface area contributed by atoms with Gasteiger partial charge in [0.2, 0.25) is 15.9 Å². The molecule has 1 saturated heterocycles. The molecule has 1 atom stereocenters. The average Bonchev–Trinajstić information content (AvgIpc) is 3.13. The number of rotatable bonds is 5. The van der Waals surface area contributed by atoms with Crippen LogP contribution >= 0.6 is 0 Å². The Morgan fingerprint density at radius 2 is 1.69 bits per heavy atom. The van der Waals surface area contributed by atoms with Gasteiger partial charge in [-0.2, -0.15) is 4.31 Å². The molecule has 0 spiro atoms. The third kappa shape index (κ3) is 5.04. The Morgan fingerprint density at radius 3 is 2.28 bits per heavy atom. The molecule has 11 heteroatoms. The van der Waals surface area contributed by atoms with E-state index in [0.717, 1.165) is 40.7 Å². The largest absolute Gasteiger partial charge is 0.573 e. The molecular weight excluding hydrogens is 416 g/mol. The van der Waals surface area contributed by atoms with Crippen molar-refractivity contribution in [2.24, 2.45) is 0 Å². The van der Waals surface area contributed by atoms with E-state index >= 15 is 0 Å². The van der Waals surface area contributed by atoms with Gasteiger partial charge in [-0.3, -0.25) is 4.79 Å². The van der Waals surface area contributed by atoms with E-state index in [1.165, 1.54) is 12.1 Å². The standard InChI is InChI=1S/C18H16F4N2O4S/c19-12-3-9-15(10-4-12)29(26,27)24-11-1-2-16(24)17(25)23-13-5-7-14(8-6-13)28-18(20,21)22/h3-10,16H,1-2,11H2,(H,23,25)/t16-/m0/s1. The van der Waals surface area contributed by atoms with Gasteiger partial charge in [0.15, 0.2) is 0 Å². The van der Waals surface area contributed by atoms with Gasteiger partial charge in [0.1, 0.15) is 17.6 Å². The summed E-state index contributed by atoms with van der Waals surface area (Å²) in [5, 5.41) is 2.49. The van der Waals surface area contributed by atoms with Crippen molar-refractivity contribution in [1.82, 2.24) is 4.31 Å². The van der Waals surface area contributed by atoms with E-state index in [2.05, 4.69) is 10.1 Å². The zero-order valence-corrected chi connectivity index (χ0v) is 15.6. The highest BCUT2D eigenvalue weighted by atomic mass is 32.2. The van der Waals surface area contributed by atoms with Crippen molar-refractivity contribution in [3.05, 3.63) is 54.3 Å². The number of hydrogen-bond acceptors (Lipinski definition) is 4. The lowest BCUT2D eigenvalue weighted by molar-refractivity contribution is -0.274. The Bertz CT molecular complexity index is 976. The number of ether oxygens (including phenoxy) is 1. The second-order valence-corrected chi connectivity index (χ2v) is 8.18. The molecular formula is C18H16F4N2O4S. The van der Waals surface area contributed by atoms with E-state index in [4.69, 9.17) is 0 Å². The van der Waals surface area contributed by atoms with Crippen molar-refractivity contribution in [1.29, 1.82) is 0 Å². The molecule has 1 fully saturated rings. The molecule has 1 amide bonds. The van der Waals surface area contributed by atoms with E-state index in [1.807, 2.05) is 0 Å². The quantitative estimate of drug-likeness (QED) is 0.734. The normalized spacial score (nSPS) is 17.9. The first-order valence-corrected chi connectivity index (χ1v) is 9.94. The van der Waals surface area contributed by atoms with Crippen molar-refractivity contribution in [3.63, 3.8) is 0 Å². The van der Waals surface area contributed by atoms with Crippen LogP contribution in [0.4, 0.5) is 23.2 Å². The predicted octanol–water partition coefficient (Wildman–Crippen LogP) is 3.52. The number of nitrogens with one attached hydrogen (secondary N) is 1. The van der Waals surface area contributed by atoms with Gasteiger partial charge >= 0.3 is 6.36 Å². The minimum absolute atomic E-state index is 0.121. The summed E-state index contributed by atoms with van der Waals surface area (Å²) in [4.78, 5) is 12.5. The Kier molecular flexibility index (Phi) is 5.80. The molecule has 156 valence electrons. The van der Waals surface area contributed by atoms with Gasteiger partial charge < -0.3 is 10.1 Å². The fourth-order valence-corrected chi connectivity index (χ4v) is 4.65. The molecule has 1 N–H and O–H groups in total. The van der Waals surface area contributed by atoms with Crippen LogP contribution in [0.5, 0.6) is 5.75 Å². The number of amides is 1. The summed E-state index contributed by atoms with van der Waals surface area (Å²) in [6, 6.07) is 7.78. The van der Waals surface area contributed by atoms with Gasteiger partial charge in [-0.15, -0.1) is 13.2 Å². The number of anilines is 1. The van der Waals surface area contributed by atoms with E-state index < -0.39 is 39.9 Å². The second kappa shape index (κ2) is 7.99. The molecule has 2 aromatic carbocycles. The maximum Gasteiger partial charge on any atom is 0.573 e. The predicted molar refractivity (Wildman–Crippen MR) is 95.1 cm³/mol. The number of nitrogens with zero attached hydrogens (tertiary/aromatic N) is 1. The van der Waals surface area contributed by atoms with E-state index in [0.29, 0.717) is 6.42 Å². The minimum atomic E-state index is -4.83. The number of sulfonamides is 1. The Morgan fingerprint density at radius 1 is 1.07 bits per heavy atom. The molecule has 3 rings (SSSR count). The first kappa shape index (κ1) is 21.1. The Labute approximate surface area is 164 Å². The molecule has 0 bridgehead atoms. The van der Waals surface area contributed by atoms with Crippen LogP contribution in [0, 0.1) is 5.82 Å². The number of halogens is 4. The molecule has 6 nitrogen and oxygen atoms in total. The summed E-state index contributed by atoms with van der Waals surface area (Å²) in [5.74, 6) is -1.65. The summed E-state index contributed by atoms with van der Waals surface area (Å²) in [5.41, 5.74) is 0.190. The number of carbonyl (C=O) groups is 1. The van der Waals surface area contributed by atoms with E-state index in [1.54, 1.807) is 0 Å². The summed E-state index contributed by atoms with van der Waals surface area (Å²) in [6.45, 7) is 0.121. The maximum absolute atomic E-state index is 13.1. The Balaban J connectivity index is 1.72. The third-order valence-electron chi connectivity index (χ3n) is 4.28. The van der Waals surface area contributed by atoms with Crippen molar-refractivity contribution in [3.8, 4) is 5.75 Å². The van der Waals surface area contributed by atoms with Gasteiger partial charge in [0.05, 0.1) is 4.90 Å². The van der Waals surface area contributed by atoms with Gasteiger partial charge in [0.25, 0.3) is 0 Å². The summed E-state index contributed by atoms with van der Waals surface area (Å²) in [7, 11) is -4.01. The molecule has 0 aliphatic carbocycles. The number of carbonyl (C=O) groups excluding carboxylic acids is 1. The zero-order chi connectivity index (χ0) is 21.2. The van der Waals surface area contributed by atoms with Crippen LogP contribution in [0.2, 0.25) is 0 Å². The van der Waals surface area contributed by atoms with Crippen LogP contribution in [0.15, 0.2) is 53.4 Å². The van der Waals surface area contributed by atoms with Crippen LogP contribution < -0.4 is 10.1 Å². The topological polar surface area (TPSA) is 75.7 Å². The van der Waals surface area contributed by atoms with Crippen LogP contribution in [0.1, 0.15) is 12.8 Å². The molecule has 0 unspecified atom stereocenters. The zero-order valence-electron chi connectivity index (χ0n) is 14.8. The van der Waals surface area contributed by atoms with E-state index in [-0.39, 0.29) is 23.5 Å². The molecule has 2 aromatic rings. The molecule has 0 radical (unpaired) electrons. The fourth-order valence-electron chi connectivity index (χ4n) is 3.00. The highest BCUT2D eigenvalue weighted by molar-refractivity contribution is 7.89. The molecule has 1 aliphatic rings. The molecule has 0 aromatic heterocycles. The van der Waals surface area contributed by atoms with Gasteiger partial charge in [0, 0.05) is 12.2 Å². The first-order chi connectivity index (χ1) is 13.6. The third-order valence-corrected chi connectivity index (χ3v) is 6.20. The summed E-state index contributed by atoms with van der Waals surface area (Å²) in [6.07, 6.45) is -4.10. The van der Waals surface area contributed by atoms with Crippen molar-refractivity contribution in [2.75, 3.05) is 11.9 Å². The lowest BCUT2D eigenvalue weighted by Crippen LogP contribution is -2.43. The lowest BCUT2D eigenvalue weighted by atomic mass is 10.2. The molecule has 1 heterocycles. The lowest BCUT2D eigenvalue weighted by Gasteiger charge is -2.23. The van der Waals surface area contributed by atoms with Crippen molar-refractivity contribution >= 4 is 21.6 Å². The molecule has 1 aliphatic heterocycles. The second-order valence-electron chi connectivity index (χ2n) is 6.29. The minimum Gasteiger partial charge on any atom is -0.406 e. The smallest absolute Gasteiger partial charge is 0.406 e. The van der Waals surface area contributed by atoms with Crippen molar-refractivity contribution in [2.45, 2.75) is 30.1 Å².